The molecule has 10 heteroatoms. The monoisotopic (exact) mass is 484 g/mol. The molecular formula is C25H30F2N6O2. The molecule has 1 aromatic heterocycles. The molecule has 0 aliphatic carbocycles. The van der Waals surface area contributed by atoms with Crippen molar-refractivity contribution < 1.29 is 18.3 Å². The molecule has 2 aliphatic rings. The number of aromatic nitrogens is 3. The summed E-state index contributed by atoms with van der Waals surface area (Å²) in [6.07, 6.45) is 1.44. The van der Waals surface area contributed by atoms with Gasteiger partial charge in [0.05, 0.1) is 25.0 Å². The van der Waals surface area contributed by atoms with E-state index < -0.39 is 11.6 Å². The Morgan fingerprint density at radius 1 is 1.03 bits per heavy atom. The van der Waals surface area contributed by atoms with Crippen LogP contribution in [0.15, 0.2) is 36.7 Å². The van der Waals surface area contributed by atoms with E-state index in [1.54, 1.807) is 0 Å². The van der Waals surface area contributed by atoms with Gasteiger partial charge in [0.2, 0.25) is 5.95 Å². The molecule has 2 aromatic carbocycles. The minimum atomic E-state index is -0.672. The van der Waals surface area contributed by atoms with Gasteiger partial charge in [-0.05, 0) is 39.0 Å². The summed E-state index contributed by atoms with van der Waals surface area (Å²) >= 11 is 0. The van der Waals surface area contributed by atoms with Gasteiger partial charge in [0.15, 0.2) is 0 Å². The molecule has 8 nitrogen and oxygen atoms in total. The van der Waals surface area contributed by atoms with Crippen LogP contribution in [0.4, 0.5) is 26.1 Å². The summed E-state index contributed by atoms with van der Waals surface area (Å²) in [5.41, 5.74) is 3.06. The second kappa shape index (κ2) is 9.79. The zero-order chi connectivity index (χ0) is 24.5. The van der Waals surface area contributed by atoms with Crippen molar-refractivity contribution in [3.8, 4) is 11.4 Å². The molecule has 0 amide bonds. The fraction of sp³-hybridized carbons (Fsp3) is 0.440. The molecule has 1 N–H and O–H groups in total. The Kier molecular flexibility index (Phi) is 6.57. The zero-order valence-electron chi connectivity index (χ0n) is 20.2. The Labute approximate surface area is 203 Å². The molecule has 35 heavy (non-hydrogen) atoms. The van der Waals surface area contributed by atoms with E-state index in [1.165, 1.54) is 23.1 Å². The second-order valence-corrected chi connectivity index (χ2v) is 9.26. The van der Waals surface area contributed by atoms with E-state index in [4.69, 9.17) is 9.47 Å². The van der Waals surface area contributed by atoms with Gasteiger partial charge in [-0.3, -0.25) is 4.90 Å². The molecule has 0 unspecified atom stereocenters. The number of hydrogen-bond donors (Lipinski definition) is 1. The van der Waals surface area contributed by atoms with Crippen LogP contribution in [0.1, 0.15) is 19.4 Å². The number of benzene rings is 2. The number of halogens is 2. The third-order valence-corrected chi connectivity index (χ3v) is 6.35. The van der Waals surface area contributed by atoms with Crippen LogP contribution in [0.2, 0.25) is 0 Å². The van der Waals surface area contributed by atoms with Crippen molar-refractivity contribution in [3.63, 3.8) is 0 Å². The summed E-state index contributed by atoms with van der Waals surface area (Å²) in [4.78, 5) is 9.11. The molecule has 2 saturated heterocycles. The molecule has 0 radical (unpaired) electrons. The largest absolute Gasteiger partial charge is 0.491 e. The number of anilines is 3. The van der Waals surface area contributed by atoms with Gasteiger partial charge in [-0.2, -0.15) is 4.98 Å². The van der Waals surface area contributed by atoms with Gasteiger partial charge >= 0.3 is 0 Å². The summed E-state index contributed by atoms with van der Waals surface area (Å²) in [6, 6.07) is 7.91. The summed E-state index contributed by atoms with van der Waals surface area (Å²) in [5, 5.41) is 7.62. The topological polar surface area (TPSA) is 67.7 Å². The van der Waals surface area contributed by atoms with Crippen LogP contribution in [0.25, 0.3) is 5.69 Å². The SMILES string of the molecule is Cc1c(Nc2ncn(-c3cc(F)cc(F)c3)n2)cc(N2CC(N3CCOCC3)C2)cc1OC(C)C. The van der Waals surface area contributed by atoms with Gasteiger partial charge in [-0.1, -0.05) is 0 Å². The first-order valence-corrected chi connectivity index (χ1v) is 11.9. The van der Waals surface area contributed by atoms with Crippen molar-refractivity contribution >= 4 is 17.3 Å². The lowest BCUT2D eigenvalue weighted by Crippen LogP contribution is -2.61. The van der Waals surface area contributed by atoms with E-state index in [9.17, 15) is 8.78 Å². The van der Waals surface area contributed by atoms with Gasteiger partial charge in [0.25, 0.3) is 0 Å². The number of morpholine rings is 1. The van der Waals surface area contributed by atoms with Crippen LogP contribution in [0, 0.1) is 18.6 Å². The molecule has 0 bridgehead atoms. The van der Waals surface area contributed by atoms with Gasteiger partial charge in [-0.15, -0.1) is 5.10 Å². The lowest BCUT2D eigenvalue weighted by Gasteiger charge is -2.48. The Morgan fingerprint density at radius 3 is 2.43 bits per heavy atom. The fourth-order valence-electron chi connectivity index (χ4n) is 4.44. The van der Waals surface area contributed by atoms with Gasteiger partial charge < -0.3 is 19.7 Å². The number of nitrogens with one attached hydrogen (secondary N) is 1. The van der Waals surface area contributed by atoms with E-state index in [1.807, 2.05) is 20.8 Å². The third kappa shape index (κ3) is 5.23. The Morgan fingerprint density at radius 2 is 1.74 bits per heavy atom. The van der Waals surface area contributed by atoms with Crippen molar-refractivity contribution in [1.82, 2.24) is 19.7 Å². The average molecular weight is 485 g/mol. The van der Waals surface area contributed by atoms with Crippen LogP contribution in [-0.4, -0.2) is 71.2 Å². The standard InChI is InChI=1S/C25H30F2N6O2/c1-16(2)35-24-12-20(32-13-22(14-32)31-4-6-34-7-5-31)11-23(17(24)3)29-25-28-15-33(30-25)21-9-18(26)8-19(27)10-21/h8-12,15-16,22H,4-7,13-14H2,1-3H3,(H,29,30). The molecule has 2 fully saturated rings. The predicted molar refractivity (Wildman–Crippen MR) is 130 cm³/mol. The third-order valence-electron chi connectivity index (χ3n) is 6.35. The van der Waals surface area contributed by atoms with E-state index in [0.717, 1.165) is 68.1 Å². The van der Waals surface area contributed by atoms with Crippen molar-refractivity contribution in [2.24, 2.45) is 0 Å². The molecule has 5 rings (SSSR count). The van der Waals surface area contributed by atoms with Crippen LogP contribution in [0.3, 0.4) is 0 Å². The maximum Gasteiger partial charge on any atom is 0.246 e. The molecule has 3 aromatic rings. The van der Waals surface area contributed by atoms with Crippen molar-refractivity contribution in [2.75, 3.05) is 49.6 Å². The summed E-state index contributed by atoms with van der Waals surface area (Å²) in [7, 11) is 0. The van der Waals surface area contributed by atoms with E-state index in [0.29, 0.717) is 12.0 Å². The predicted octanol–water partition coefficient (Wildman–Crippen LogP) is 3.91. The number of ether oxygens (including phenoxy) is 2. The maximum absolute atomic E-state index is 13.6. The molecule has 0 spiro atoms. The summed E-state index contributed by atoms with van der Waals surface area (Å²) < 4.78 is 40.2. The second-order valence-electron chi connectivity index (χ2n) is 9.26. The average Bonchev–Trinajstić information content (AvgIpc) is 3.24. The lowest BCUT2D eigenvalue weighted by molar-refractivity contribution is 0.0105. The molecular weight excluding hydrogens is 454 g/mol. The molecule has 2 aliphatic heterocycles. The highest BCUT2D eigenvalue weighted by molar-refractivity contribution is 5.71. The highest BCUT2D eigenvalue weighted by atomic mass is 19.1. The number of rotatable bonds is 7. The fourth-order valence-corrected chi connectivity index (χ4v) is 4.44. The van der Waals surface area contributed by atoms with E-state index in [2.05, 4.69) is 37.3 Å². The smallest absolute Gasteiger partial charge is 0.246 e. The quantitative estimate of drug-likeness (QED) is 0.546. The normalized spacial score (nSPS) is 17.0. The minimum absolute atomic E-state index is 0.0227. The number of nitrogens with zero attached hydrogens (tertiary/aromatic N) is 5. The van der Waals surface area contributed by atoms with Crippen LogP contribution in [0.5, 0.6) is 5.75 Å². The van der Waals surface area contributed by atoms with Gasteiger partial charge in [0.1, 0.15) is 23.7 Å². The lowest BCUT2D eigenvalue weighted by atomic mass is 10.0. The Bertz CT molecular complexity index is 1170. The molecule has 0 saturated carbocycles. The van der Waals surface area contributed by atoms with E-state index >= 15 is 0 Å². The van der Waals surface area contributed by atoms with Crippen LogP contribution in [-0.2, 0) is 4.74 Å². The Hall–Kier alpha value is -3.24. The molecule has 186 valence electrons. The Balaban J connectivity index is 1.37. The van der Waals surface area contributed by atoms with Crippen molar-refractivity contribution in [2.45, 2.75) is 32.9 Å². The highest BCUT2D eigenvalue weighted by Crippen LogP contribution is 2.36. The van der Waals surface area contributed by atoms with Crippen molar-refractivity contribution in [3.05, 3.63) is 53.9 Å². The summed E-state index contributed by atoms with van der Waals surface area (Å²) in [5.74, 6) is -0.232. The first-order valence-electron chi connectivity index (χ1n) is 11.9. The van der Waals surface area contributed by atoms with Crippen molar-refractivity contribution in [1.29, 1.82) is 0 Å². The number of hydrogen-bond acceptors (Lipinski definition) is 7. The van der Waals surface area contributed by atoms with Gasteiger partial charge in [-0.25, -0.2) is 13.5 Å². The highest BCUT2D eigenvalue weighted by Gasteiger charge is 2.33. The van der Waals surface area contributed by atoms with Crippen LogP contribution >= 0.6 is 0 Å². The molecule has 0 atom stereocenters. The van der Waals surface area contributed by atoms with Gasteiger partial charge in [0, 0.05) is 61.3 Å². The zero-order valence-corrected chi connectivity index (χ0v) is 20.2. The van der Waals surface area contributed by atoms with E-state index in [-0.39, 0.29) is 11.8 Å². The minimum Gasteiger partial charge on any atom is -0.491 e. The molecule has 3 heterocycles. The summed E-state index contributed by atoms with van der Waals surface area (Å²) in [6.45, 7) is 11.4. The first-order chi connectivity index (χ1) is 16.9. The maximum atomic E-state index is 13.6. The first kappa shape index (κ1) is 23.5. The van der Waals surface area contributed by atoms with Crippen LogP contribution < -0.4 is 15.0 Å².